The fraction of sp³-hybridized carbons (Fsp3) is 0.579. The maximum atomic E-state index is 12.1. The summed E-state index contributed by atoms with van der Waals surface area (Å²) in [5, 5.41) is 12.0. The number of hydrogen-bond donors (Lipinski definition) is 2. The van der Waals surface area contributed by atoms with Crippen LogP contribution in [0.4, 0.5) is 4.79 Å². The van der Waals surface area contributed by atoms with Gasteiger partial charge in [0.2, 0.25) is 0 Å². The van der Waals surface area contributed by atoms with E-state index in [1.54, 1.807) is 32.9 Å². The highest BCUT2D eigenvalue weighted by molar-refractivity contribution is 14.1. The summed E-state index contributed by atoms with van der Waals surface area (Å²) in [7, 11) is 0. The molecule has 1 rings (SSSR count). The fourth-order valence-electron chi connectivity index (χ4n) is 2.16. The molecule has 0 fully saturated rings. The Hall–Kier alpha value is -1.71. The third kappa shape index (κ3) is 7.82. The Morgan fingerprint density at radius 2 is 1.63 bits per heavy atom. The summed E-state index contributed by atoms with van der Waals surface area (Å²) in [6.45, 7) is 12.6. The fourth-order valence-corrected chi connectivity index (χ4v) is 2.91. The number of carbonyl (C=O) groups is 2. The molecule has 1 aromatic rings. The maximum Gasteiger partial charge on any atom is 0.408 e. The van der Waals surface area contributed by atoms with Gasteiger partial charge in [-0.15, -0.1) is 0 Å². The molecule has 27 heavy (non-hydrogen) atoms. The lowest BCUT2D eigenvalue weighted by Crippen LogP contribution is -2.38. The van der Waals surface area contributed by atoms with Crippen molar-refractivity contribution in [1.82, 2.24) is 5.32 Å². The minimum Gasteiger partial charge on any atom is -0.487 e. The molecule has 0 aliphatic rings. The van der Waals surface area contributed by atoms with E-state index in [-0.39, 0.29) is 12.2 Å². The van der Waals surface area contributed by atoms with Crippen molar-refractivity contribution in [2.45, 2.75) is 72.3 Å². The average Bonchev–Trinajstić information content (AvgIpc) is 2.45. The van der Waals surface area contributed by atoms with Gasteiger partial charge < -0.3 is 24.6 Å². The number of alkyl carbamates (subject to hydrolysis) is 1. The van der Waals surface area contributed by atoms with Gasteiger partial charge in [-0.1, -0.05) is 0 Å². The molecule has 0 aliphatic carbocycles. The van der Waals surface area contributed by atoms with Crippen molar-refractivity contribution in [2.75, 3.05) is 0 Å². The van der Waals surface area contributed by atoms with Gasteiger partial charge in [0.15, 0.2) is 17.5 Å². The van der Waals surface area contributed by atoms with Crippen molar-refractivity contribution in [3.8, 4) is 11.5 Å². The summed E-state index contributed by atoms with van der Waals surface area (Å²) < 4.78 is 17.5. The Balaban J connectivity index is 3.28. The van der Waals surface area contributed by atoms with Crippen molar-refractivity contribution in [3.63, 3.8) is 0 Å². The second-order valence-corrected chi connectivity index (χ2v) is 8.74. The lowest BCUT2D eigenvalue weighted by molar-refractivity contribution is -0.139. The molecule has 1 atom stereocenters. The second-order valence-electron chi connectivity index (χ2n) is 7.58. The predicted molar refractivity (Wildman–Crippen MR) is 110 cm³/mol. The van der Waals surface area contributed by atoms with Crippen LogP contribution in [0.25, 0.3) is 0 Å². The standard InChI is InChI=1S/C19H28INO6/c1-10(2)25-14-9-12(8-13(20)16(14)26-11(3)4)15(17(22)23)21-18(24)27-19(5,6)7/h8-11,15H,1-7H3,(H,21,24)(H,22,23)/t15-/m1/s1. The highest BCUT2D eigenvalue weighted by Gasteiger charge is 2.28. The molecular weight excluding hydrogens is 465 g/mol. The first-order chi connectivity index (χ1) is 12.3. The summed E-state index contributed by atoms with van der Waals surface area (Å²) in [6, 6.07) is 1.95. The summed E-state index contributed by atoms with van der Waals surface area (Å²) in [6.07, 6.45) is -1.01. The number of rotatable bonds is 7. The first-order valence-corrected chi connectivity index (χ1v) is 9.77. The second kappa shape index (κ2) is 9.48. The van der Waals surface area contributed by atoms with Crippen LogP contribution in [-0.4, -0.2) is 35.0 Å². The predicted octanol–water partition coefficient (Wildman–Crippen LogP) is 4.52. The number of benzene rings is 1. The minimum absolute atomic E-state index is 0.0750. The Morgan fingerprint density at radius 3 is 2.07 bits per heavy atom. The molecule has 8 heteroatoms. The summed E-state index contributed by atoms with van der Waals surface area (Å²) in [5.74, 6) is -0.230. The van der Waals surface area contributed by atoms with Gasteiger partial charge >= 0.3 is 12.1 Å². The van der Waals surface area contributed by atoms with E-state index in [9.17, 15) is 14.7 Å². The van der Waals surface area contributed by atoms with Gasteiger partial charge in [0.1, 0.15) is 5.60 Å². The third-order valence-electron chi connectivity index (χ3n) is 2.99. The van der Waals surface area contributed by atoms with E-state index in [4.69, 9.17) is 14.2 Å². The van der Waals surface area contributed by atoms with E-state index in [1.165, 1.54) is 0 Å². The lowest BCUT2D eigenvalue weighted by atomic mass is 10.1. The van der Waals surface area contributed by atoms with E-state index >= 15 is 0 Å². The highest BCUT2D eigenvalue weighted by Crippen LogP contribution is 2.37. The number of amides is 1. The van der Waals surface area contributed by atoms with Crippen LogP contribution >= 0.6 is 22.6 Å². The molecule has 0 aromatic heterocycles. The van der Waals surface area contributed by atoms with E-state index < -0.39 is 23.7 Å². The molecule has 0 saturated carbocycles. The van der Waals surface area contributed by atoms with Crippen LogP contribution in [-0.2, 0) is 9.53 Å². The molecule has 0 saturated heterocycles. The smallest absolute Gasteiger partial charge is 0.408 e. The Bertz CT molecular complexity index is 682. The topological polar surface area (TPSA) is 94.1 Å². The Morgan fingerprint density at radius 1 is 1.07 bits per heavy atom. The van der Waals surface area contributed by atoms with Gasteiger partial charge in [0.05, 0.1) is 15.8 Å². The molecule has 1 amide bonds. The lowest BCUT2D eigenvalue weighted by Gasteiger charge is -2.24. The zero-order valence-corrected chi connectivity index (χ0v) is 18.9. The number of hydrogen-bond acceptors (Lipinski definition) is 5. The molecule has 0 radical (unpaired) electrons. The van der Waals surface area contributed by atoms with Crippen molar-refractivity contribution in [1.29, 1.82) is 0 Å². The number of nitrogens with one attached hydrogen (secondary N) is 1. The van der Waals surface area contributed by atoms with Crippen molar-refractivity contribution < 1.29 is 28.9 Å². The van der Waals surface area contributed by atoms with Crippen molar-refractivity contribution in [2.24, 2.45) is 0 Å². The number of ether oxygens (including phenoxy) is 3. The molecule has 152 valence electrons. The molecule has 0 bridgehead atoms. The molecule has 0 aliphatic heterocycles. The Labute approximate surface area is 173 Å². The van der Waals surface area contributed by atoms with Crippen molar-refractivity contribution in [3.05, 3.63) is 21.3 Å². The summed E-state index contributed by atoms with van der Waals surface area (Å²) >= 11 is 2.06. The maximum absolute atomic E-state index is 12.1. The van der Waals surface area contributed by atoms with E-state index in [0.29, 0.717) is 20.6 Å². The van der Waals surface area contributed by atoms with Crippen LogP contribution in [0, 0.1) is 3.57 Å². The molecule has 0 heterocycles. The van der Waals surface area contributed by atoms with Gasteiger partial charge in [0, 0.05) is 0 Å². The average molecular weight is 493 g/mol. The number of aliphatic carboxylic acids is 1. The SMILES string of the molecule is CC(C)Oc1cc([C@@H](NC(=O)OC(C)(C)C)C(=O)O)cc(I)c1OC(C)C. The van der Waals surface area contributed by atoms with Gasteiger partial charge in [-0.3, -0.25) is 0 Å². The highest BCUT2D eigenvalue weighted by atomic mass is 127. The van der Waals surface area contributed by atoms with Gasteiger partial charge in [0.25, 0.3) is 0 Å². The quantitative estimate of drug-likeness (QED) is 0.543. The number of carbonyl (C=O) groups excluding carboxylic acids is 1. The molecule has 1 aromatic carbocycles. The molecule has 2 N–H and O–H groups in total. The minimum atomic E-state index is -1.28. The van der Waals surface area contributed by atoms with E-state index in [1.807, 2.05) is 27.7 Å². The number of halogens is 1. The van der Waals surface area contributed by atoms with Gasteiger partial charge in [-0.05, 0) is 88.8 Å². The zero-order chi connectivity index (χ0) is 20.9. The normalized spacial score (nSPS) is 12.7. The monoisotopic (exact) mass is 493 g/mol. The van der Waals surface area contributed by atoms with Gasteiger partial charge in [-0.25, -0.2) is 9.59 Å². The number of carboxylic acid groups (broad SMARTS) is 1. The first-order valence-electron chi connectivity index (χ1n) is 8.69. The molecule has 0 unspecified atom stereocenters. The molecule has 7 nitrogen and oxygen atoms in total. The first kappa shape index (κ1) is 23.3. The van der Waals surface area contributed by atoms with Crippen LogP contribution in [0.3, 0.4) is 0 Å². The van der Waals surface area contributed by atoms with E-state index in [2.05, 4.69) is 27.9 Å². The summed E-state index contributed by atoms with van der Waals surface area (Å²) in [5.41, 5.74) is -0.368. The van der Waals surface area contributed by atoms with Crippen molar-refractivity contribution >= 4 is 34.7 Å². The van der Waals surface area contributed by atoms with Crippen LogP contribution in [0.1, 0.15) is 60.1 Å². The van der Waals surface area contributed by atoms with Gasteiger partial charge in [-0.2, -0.15) is 0 Å². The molecule has 0 spiro atoms. The summed E-state index contributed by atoms with van der Waals surface area (Å²) in [4.78, 5) is 23.8. The van der Waals surface area contributed by atoms with Crippen LogP contribution < -0.4 is 14.8 Å². The van der Waals surface area contributed by atoms with Crippen LogP contribution in [0.15, 0.2) is 12.1 Å². The van der Waals surface area contributed by atoms with E-state index in [0.717, 1.165) is 0 Å². The third-order valence-corrected chi connectivity index (χ3v) is 3.79. The Kier molecular flexibility index (Phi) is 8.19. The largest absolute Gasteiger partial charge is 0.487 e. The zero-order valence-electron chi connectivity index (χ0n) is 16.8. The van der Waals surface area contributed by atoms with Crippen LogP contribution in [0.5, 0.6) is 11.5 Å². The number of carboxylic acids is 1. The molecular formula is C19H28INO6. The van der Waals surface area contributed by atoms with Crippen LogP contribution in [0.2, 0.25) is 0 Å².